The molecule has 0 aromatic heterocycles. The molecule has 1 saturated heterocycles. The molecule has 3 aromatic carbocycles. The topological polar surface area (TPSA) is 105 Å². The summed E-state index contributed by atoms with van der Waals surface area (Å²) in [6.45, 7) is 0.452. The third kappa shape index (κ3) is 4.63. The summed E-state index contributed by atoms with van der Waals surface area (Å²) in [5.41, 5.74) is 3.54. The number of nitrogens with zero attached hydrogens (tertiary/aromatic N) is 1. The molecule has 7 nitrogen and oxygen atoms in total. The maximum atomic E-state index is 13.5. The zero-order valence-electron chi connectivity index (χ0n) is 17.7. The van der Waals surface area contributed by atoms with Crippen LogP contribution < -0.4 is 16.6 Å². The highest BCUT2D eigenvalue weighted by Gasteiger charge is 2.37. The molecule has 0 spiro atoms. The minimum atomic E-state index is -0.803. The van der Waals surface area contributed by atoms with E-state index in [0.717, 1.165) is 16.3 Å². The van der Waals surface area contributed by atoms with E-state index in [0.29, 0.717) is 31.4 Å². The first-order valence-electron chi connectivity index (χ1n) is 10.7. The fourth-order valence-corrected chi connectivity index (χ4v) is 4.22. The van der Waals surface area contributed by atoms with Gasteiger partial charge in [0.2, 0.25) is 5.91 Å². The van der Waals surface area contributed by atoms with Gasteiger partial charge in [-0.2, -0.15) is 0 Å². The molecule has 7 heteroatoms. The van der Waals surface area contributed by atoms with Gasteiger partial charge in [0.25, 0.3) is 11.8 Å². The maximum Gasteiger partial charge on any atom is 0.256 e. The number of hydrogen-bond donors (Lipinski definition) is 3. The predicted octanol–water partition coefficient (Wildman–Crippen LogP) is 2.16. The molecular formula is C25H26N4O3. The molecule has 0 aliphatic carbocycles. The molecule has 1 fully saturated rings. The molecule has 0 bridgehead atoms. The van der Waals surface area contributed by atoms with Gasteiger partial charge in [-0.25, -0.2) is 5.84 Å². The second-order valence-corrected chi connectivity index (χ2v) is 7.98. The van der Waals surface area contributed by atoms with Crippen LogP contribution >= 0.6 is 0 Å². The van der Waals surface area contributed by atoms with Crippen LogP contribution in [-0.4, -0.2) is 41.2 Å². The summed E-state index contributed by atoms with van der Waals surface area (Å²) in [6.07, 6.45) is 1.58. The lowest BCUT2D eigenvalue weighted by Crippen LogP contribution is -2.55. The number of nitrogens with two attached hydrogens (primary N) is 1. The number of likely N-dealkylation sites (tertiary alicyclic amines) is 1. The molecule has 3 amide bonds. The summed E-state index contributed by atoms with van der Waals surface area (Å²) in [5.74, 6) is 4.30. The molecule has 4 N–H and O–H groups in total. The number of nitrogens with one attached hydrogen (secondary N) is 2. The summed E-state index contributed by atoms with van der Waals surface area (Å²) in [5, 5.41) is 4.89. The van der Waals surface area contributed by atoms with E-state index in [1.54, 1.807) is 6.07 Å². The van der Waals surface area contributed by atoms with Crippen LogP contribution in [0.15, 0.2) is 72.8 Å². The highest BCUT2D eigenvalue weighted by atomic mass is 16.2. The molecule has 1 aliphatic rings. The van der Waals surface area contributed by atoms with Gasteiger partial charge >= 0.3 is 0 Å². The number of hydrazine groups is 1. The van der Waals surface area contributed by atoms with E-state index in [4.69, 9.17) is 5.84 Å². The Labute approximate surface area is 186 Å². The Hall–Kier alpha value is -3.71. The van der Waals surface area contributed by atoms with Crippen LogP contribution in [0, 0.1) is 0 Å². The van der Waals surface area contributed by atoms with Crippen LogP contribution in [0.1, 0.15) is 28.8 Å². The van der Waals surface area contributed by atoms with Crippen molar-refractivity contribution in [1.29, 1.82) is 0 Å². The monoisotopic (exact) mass is 430 g/mol. The minimum absolute atomic E-state index is 0.283. The third-order valence-corrected chi connectivity index (χ3v) is 5.88. The fourth-order valence-electron chi connectivity index (χ4n) is 4.22. The molecule has 3 aromatic rings. The number of hydrogen-bond acceptors (Lipinski definition) is 4. The van der Waals surface area contributed by atoms with Crippen LogP contribution in [0.2, 0.25) is 0 Å². The molecule has 1 aliphatic heterocycles. The van der Waals surface area contributed by atoms with Crippen LogP contribution in [0.25, 0.3) is 10.8 Å². The lowest BCUT2D eigenvalue weighted by atomic mass is 10.0. The van der Waals surface area contributed by atoms with E-state index in [2.05, 4.69) is 10.7 Å². The summed E-state index contributed by atoms with van der Waals surface area (Å²) in [6, 6.07) is 21.3. The van der Waals surface area contributed by atoms with Gasteiger partial charge in [-0.1, -0.05) is 60.7 Å². The van der Waals surface area contributed by atoms with Crippen molar-refractivity contribution in [2.75, 3.05) is 6.54 Å². The number of rotatable bonds is 6. The first-order chi connectivity index (χ1) is 15.6. The molecule has 0 saturated carbocycles. The fraction of sp³-hybridized carbons (Fsp3) is 0.240. The first kappa shape index (κ1) is 21.5. The average molecular weight is 431 g/mol. The maximum absolute atomic E-state index is 13.5. The lowest BCUT2D eigenvalue weighted by Gasteiger charge is -2.28. The van der Waals surface area contributed by atoms with Crippen LogP contribution in [-0.2, 0) is 16.0 Å². The highest BCUT2D eigenvalue weighted by molar-refractivity contribution is 6.01. The van der Waals surface area contributed by atoms with Crippen molar-refractivity contribution in [2.24, 2.45) is 5.84 Å². The number of benzene rings is 3. The second-order valence-electron chi connectivity index (χ2n) is 7.98. The Balaban J connectivity index is 1.59. The van der Waals surface area contributed by atoms with Gasteiger partial charge < -0.3 is 10.2 Å². The Morgan fingerprint density at radius 3 is 2.44 bits per heavy atom. The minimum Gasteiger partial charge on any atom is -0.340 e. The normalized spacial score (nSPS) is 16.5. The highest BCUT2D eigenvalue weighted by Crippen LogP contribution is 2.20. The first-order valence-corrected chi connectivity index (χ1v) is 10.7. The molecule has 1 heterocycles. The van der Waals surface area contributed by atoms with Crippen molar-refractivity contribution >= 4 is 28.5 Å². The van der Waals surface area contributed by atoms with Crippen molar-refractivity contribution in [3.05, 3.63) is 83.9 Å². The quantitative estimate of drug-likeness (QED) is 0.317. The van der Waals surface area contributed by atoms with Gasteiger partial charge in [-0.15, -0.1) is 0 Å². The van der Waals surface area contributed by atoms with E-state index in [9.17, 15) is 14.4 Å². The van der Waals surface area contributed by atoms with Crippen LogP contribution in [0.5, 0.6) is 0 Å². The predicted molar refractivity (Wildman–Crippen MR) is 122 cm³/mol. The molecule has 2 atom stereocenters. The van der Waals surface area contributed by atoms with Crippen molar-refractivity contribution in [2.45, 2.75) is 31.3 Å². The van der Waals surface area contributed by atoms with Gasteiger partial charge in [-0.05, 0) is 41.3 Å². The SMILES string of the molecule is NNC(=O)[C@@H]1CCCN1C(=O)[C@H](Cc1ccccc1)NC(=O)c1ccc2ccccc2c1. The number of carbonyl (C=O) groups excluding carboxylic acids is 3. The Morgan fingerprint density at radius 1 is 0.969 bits per heavy atom. The van der Waals surface area contributed by atoms with Gasteiger partial charge in [-0.3, -0.25) is 19.8 Å². The number of carbonyl (C=O) groups is 3. The lowest BCUT2D eigenvalue weighted by molar-refractivity contribution is -0.139. The van der Waals surface area contributed by atoms with Gasteiger partial charge in [0.15, 0.2) is 0 Å². The molecule has 0 unspecified atom stereocenters. The molecule has 4 rings (SSSR count). The zero-order valence-corrected chi connectivity index (χ0v) is 17.7. The Kier molecular flexibility index (Phi) is 6.47. The summed E-state index contributed by atoms with van der Waals surface area (Å²) in [7, 11) is 0. The number of amides is 3. The standard InChI is InChI=1S/C25H26N4O3/c26-28-24(31)22-11-6-14-29(22)25(32)21(15-17-7-2-1-3-8-17)27-23(30)20-13-12-18-9-4-5-10-19(18)16-20/h1-5,7-10,12-13,16,21-22H,6,11,14-15,26H2,(H,27,30)(H,28,31)/t21-,22-/m0/s1. The molecule has 32 heavy (non-hydrogen) atoms. The average Bonchev–Trinajstić information content (AvgIpc) is 3.33. The zero-order chi connectivity index (χ0) is 22.5. The molecule has 164 valence electrons. The van der Waals surface area contributed by atoms with E-state index >= 15 is 0 Å². The van der Waals surface area contributed by atoms with Crippen LogP contribution in [0.3, 0.4) is 0 Å². The smallest absolute Gasteiger partial charge is 0.256 e. The van der Waals surface area contributed by atoms with E-state index in [-0.39, 0.29) is 11.8 Å². The molecular weight excluding hydrogens is 404 g/mol. The Morgan fingerprint density at radius 2 is 1.69 bits per heavy atom. The Bertz CT molecular complexity index is 1130. The van der Waals surface area contributed by atoms with Crippen molar-refractivity contribution < 1.29 is 14.4 Å². The largest absolute Gasteiger partial charge is 0.340 e. The van der Waals surface area contributed by atoms with Gasteiger partial charge in [0.05, 0.1) is 0 Å². The third-order valence-electron chi connectivity index (χ3n) is 5.88. The summed E-state index contributed by atoms with van der Waals surface area (Å²) >= 11 is 0. The van der Waals surface area contributed by atoms with Crippen molar-refractivity contribution in [3.8, 4) is 0 Å². The summed E-state index contributed by atoms with van der Waals surface area (Å²) < 4.78 is 0. The molecule has 0 radical (unpaired) electrons. The van der Waals surface area contributed by atoms with E-state index in [1.165, 1.54) is 4.90 Å². The van der Waals surface area contributed by atoms with E-state index < -0.39 is 18.0 Å². The van der Waals surface area contributed by atoms with Crippen molar-refractivity contribution in [1.82, 2.24) is 15.6 Å². The number of fused-ring (bicyclic) bond motifs is 1. The second kappa shape index (κ2) is 9.62. The van der Waals surface area contributed by atoms with E-state index in [1.807, 2.05) is 66.7 Å². The van der Waals surface area contributed by atoms with Crippen LogP contribution in [0.4, 0.5) is 0 Å². The van der Waals surface area contributed by atoms with Gasteiger partial charge in [0, 0.05) is 18.5 Å². The van der Waals surface area contributed by atoms with Gasteiger partial charge in [0.1, 0.15) is 12.1 Å². The van der Waals surface area contributed by atoms with Crippen molar-refractivity contribution in [3.63, 3.8) is 0 Å². The summed E-state index contributed by atoms with van der Waals surface area (Å²) in [4.78, 5) is 40.2.